The number of amides is 1. The molecule has 33 heavy (non-hydrogen) atoms. The molecule has 1 saturated heterocycles. The number of rotatable bonds is 6. The second-order valence-electron chi connectivity index (χ2n) is 8.12. The molecule has 178 valence electrons. The summed E-state index contributed by atoms with van der Waals surface area (Å²) in [5, 5.41) is 2.19. The quantitative estimate of drug-likeness (QED) is 0.639. The first-order chi connectivity index (χ1) is 15.5. The molecule has 1 N–H and O–H groups in total. The van der Waals surface area contributed by atoms with Crippen molar-refractivity contribution in [2.75, 3.05) is 18.4 Å². The smallest absolute Gasteiger partial charge is 0.309 e. The van der Waals surface area contributed by atoms with Gasteiger partial charge in [-0.1, -0.05) is 6.07 Å². The molecule has 1 aliphatic rings. The van der Waals surface area contributed by atoms with Gasteiger partial charge in [0, 0.05) is 19.2 Å². The van der Waals surface area contributed by atoms with Crippen LogP contribution >= 0.6 is 0 Å². The van der Waals surface area contributed by atoms with E-state index in [9.17, 15) is 26.8 Å². The molecule has 0 spiro atoms. The minimum atomic E-state index is -3.68. The van der Waals surface area contributed by atoms with E-state index in [4.69, 9.17) is 4.74 Å². The highest BCUT2D eigenvalue weighted by molar-refractivity contribution is 7.89. The number of piperidine rings is 1. The molecule has 1 atom stereocenters. The number of aryl methyl sites for hydroxylation is 2. The Bertz CT molecular complexity index is 1160. The molecule has 10 heteroatoms. The number of hydrogen-bond donors (Lipinski definition) is 1. The SMILES string of the molecule is Cc1ccc(S(=O)(=O)N2CCC(C(=O)OC(C)C(=O)Nc3cc(F)ccc3F)CC2)cc1C. The van der Waals surface area contributed by atoms with Gasteiger partial charge in [0.25, 0.3) is 5.91 Å². The van der Waals surface area contributed by atoms with Gasteiger partial charge in [-0.25, -0.2) is 17.2 Å². The second kappa shape index (κ2) is 9.96. The van der Waals surface area contributed by atoms with Crippen molar-refractivity contribution in [1.29, 1.82) is 0 Å². The minimum absolute atomic E-state index is 0.143. The minimum Gasteiger partial charge on any atom is -0.452 e. The molecule has 3 rings (SSSR count). The van der Waals surface area contributed by atoms with Gasteiger partial charge in [0.05, 0.1) is 16.5 Å². The van der Waals surface area contributed by atoms with Crippen LogP contribution in [0.3, 0.4) is 0 Å². The number of hydrogen-bond acceptors (Lipinski definition) is 5. The molecular formula is C23H26F2N2O5S. The van der Waals surface area contributed by atoms with Gasteiger partial charge in [0.1, 0.15) is 11.6 Å². The maximum Gasteiger partial charge on any atom is 0.309 e. The van der Waals surface area contributed by atoms with Crippen LogP contribution in [0.25, 0.3) is 0 Å². The normalized spacial score (nSPS) is 16.3. The zero-order valence-corrected chi connectivity index (χ0v) is 19.4. The topological polar surface area (TPSA) is 92.8 Å². The Balaban J connectivity index is 1.56. The van der Waals surface area contributed by atoms with Crippen LogP contribution in [-0.2, 0) is 24.3 Å². The van der Waals surface area contributed by atoms with Crippen molar-refractivity contribution in [2.45, 2.75) is 44.6 Å². The van der Waals surface area contributed by atoms with Gasteiger partial charge in [-0.3, -0.25) is 9.59 Å². The van der Waals surface area contributed by atoms with Crippen LogP contribution in [-0.4, -0.2) is 43.8 Å². The van der Waals surface area contributed by atoms with Crippen molar-refractivity contribution in [3.05, 3.63) is 59.2 Å². The molecule has 0 saturated carbocycles. The lowest BCUT2D eigenvalue weighted by atomic mass is 9.98. The first-order valence-electron chi connectivity index (χ1n) is 10.5. The third kappa shape index (κ3) is 5.75. The van der Waals surface area contributed by atoms with Gasteiger partial charge < -0.3 is 10.1 Å². The summed E-state index contributed by atoms with van der Waals surface area (Å²) >= 11 is 0. The third-order valence-corrected chi connectivity index (χ3v) is 7.65. The molecule has 1 heterocycles. The lowest BCUT2D eigenvalue weighted by Gasteiger charge is -2.30. The molecule has 1 aliphatic heterocycles. The number of carbonyl (C=O) groups is 2. The summed E-state index contributed by atoms with van der Waals surface area (Å²) in [6.45, 7) is 5.35. The predicted molar refractivity (Wildman–Crippen MR) is 118 cm³/mol. The number of ether oxygens (including phenoxy) is 1. The van der Waals surface area contributed by atoms with Gasteiger partial charge in [-0.15, -0.1) is 0 Å². The summed E-state index contributed by atoms with van der Waals surface area (Å²) in [6.07, 6.45) is -0.747. The Kier molecular flexibility index (Phi) is 7.48. The summed E-state index contributed by atoms with van der Waals surface area (Å²) in [7, 11) is -3.68. The zero-order valence-electron chi connectivity index (χ0n) is 18.6. The van der Waals surface area contributed by atoms with Crippen LogP contribution in [0.2, 0.25) is 0 Å². The van der Waals surface area contributed by atoms with Crippen LogP contribution in [0.5, 0.6) is 0 Å². The van der Waals surface area contributed by atoms with E-state index < -0.39 is 45.6 Å². The highest BCUT2D eigenvalue weighted by Crippen LogP contribution is 2.26. The maximum absolute atomic E-state index is 13.7. The molecule has 7 nitrogen and oxygen atoms in total. The standard InChI is InChI=1S/C23H26F2N2O5S/c1-14-4-6-19(12-15(14)2)33(30,31)27-10-8-17(9-11-27)23(29)32-16(3)22(28)26-21-13-18(24)5-7-20(21)25/h4-7,12-13,16-17H,8-11H2,1-3H3,(H,26,28). The predicted octanol–water partition coefficient (Wildman–Crippen LogP) is 3.55. The molecule has 0 aromatic heterocycles. The van der Waals surface area contributed by atoms with Crippen molar-refractivity contribution in [1.82, 2.24) is 4.31 Å². The van der Waals surface area contributed by atoms with Crippen LogP contribution in [0.1, 0.15) is 30.9 Å². The maximum atomic E-state index is 13.7. The average Bonchev–Trinajstić information content (AvgIpc) is 2.78. The molecule has 1 amide bonds. The van der Waals surface area contributed by atoms with E-state index in [1.54, 1.807) is 18.2 Å². The van der Waals surface area contributed by atoms with E-state index in [1.165, 1.54) is 11.2 Å². The molecule has 1 unspecified atom stereocenters. The number of benzene rings is 2. The van der Waals surface area contributed by atoms with Crippen molar-refractivity contribution in [3.8, 4) is 0 Å². The Morgan fingerprint density at radius 2 is 1.73 bits per heavy atom. The Morgan fingerprint density at radius 1 is 1.06 bits per heavy atom. The summed E-state index contributed by atoms with van der Waals surface area (Å²) in [5.41, 5.74) is 1.52. The average molecular weight is 481 g/mol. The van der Waals surface area contributed by atoms with Gasteiger partial charge >= 0.3 is 5.97 Å². The number of anilines is 1. The number of esters is 1. The van der Waals surface area contributed by atoms with Gasteiger partial charge in [-0.2, -0.15) is 4.31 Å². The second-order valence-corrected chi connectivity index (χ2v) is 10.1. The van der Waals surface area contributed by atoms with Crippen molar-refractivity contribution in [2.24, 2.45) is 5.92 Å². The Morgan fingerprint density at radius 3 is 2.36 bits per heavy atom. The molecule has 1 fully saturated rings. The first kappa shape index (κ1) is 24.8. The van der Waals surface area contributed by atoms with E-state index in [0.717, 1.165) is 29.3 Å². The van der Waals surface area contributed by atoms with E-state index in [0.29, 0.717) is 0 Å². The fraction of sp³-hybridized carbons (Fsp3) is 0.391. The molecule has 2 aromatic carbocycles. The van der Waals surface area contributed by atoms with E-state index in [-0.39, 0.29) is 36.5 Å². The largest absolute Gasteiger partial charge is 0.452 e. The number of sulfonamides is 1. The van der Waals surface area contributed by atoms with Crippen LogP contribution in [0.4, 0.5) is 14.5 Å². The summed E-state index contributed by atoms with van der Waals surface area (Å²) in [6, 6.07) is 7.58. The Hall–Kier alpha value is -2.85. The van der Waals surface area contributed by atoms with E-state index in [1.807, 2.05) is 13.8 Å². The van der Waals surface area contributed by atoms with Gasteiger partial charge in [-0.05, 0) is 69.0 Å². The lowest BCUT2D eigenvalue weighted by molar-refractivity contribution is -0.158. The van der Waals surface area contributed by atoms with Crippen molar-refractivity contribution >= 4 is 27.6 Å². The monoisotopic (exact) mass is 480 g/mol. The van der Waals surface area contributed by atoms with Gasteiger partial charge in [0.15, 0.2) is 6.10 Å². The first-order valence-corrected chi connectivity index (χ1v) is 12.0. The molecule has 0 aliphatic carbocycles. The zero-order chi connectivity index (χ0) is 24.3. The fourth-order valence-electron chi connectivity index (χ4n) is 3.51. The fourth-order valence-corrected chi connectivity index (χ4v) is 5.06. The van der Waals surface area contributed by atoms with Gasteiger partial charge in [0.2, 0.25) is 10.0 Å². The number of carbonyl (C=O) groups excluding carboxylic acids is 2. The van der Waals surface area contributed by atoms with Crippen LogP contribution < -0.4 is 5.32 Å². The Labute approximate surface area is 191 Å². The molecular weight excluding hydrogens is 454 g/mol. The number of nitrogens with zero attached hydrogens (tertiary/aromatic N) is 1. The highest BCUT2D eigenvalue weighted by Gasteiger charge is 2.34. The summed E-state index contributed by atoms with van der Waals surface area (Å²) in [5.74, 6) is -3.56. The van der Waals surface area contributed by atoms with E-state index in [2.05, 4.69) is 5.32 Å². The lowest BCUT2D eigenvalue weighted by Crippen LogP contribution is -2.41. The van der Waals surface area contributed by atoms with Crippen LogP contribution in [0.15, 0.2) is 41.3 Å². The van der Waals surface area contributed by atoms with Crippen LogP contribution in [0, 0.1) is 31.4 Å². The summed E-state index contributed by atoms with van der Waals surface area (Å²) in [4.78, 5) is 24.9. The molecule has 2 aromatic rings. The molecule has 0 bridgehead atoms. The number of halogens is 2. The summed E-state index contributed by atoms with van der Waals surface area (Å²) < 4.78 is 59.3. The molecule has 0 radical (unpaired) electrons. The van der Waals surface area contributed by atoms with E-state index >= 15 is 0 Å². The van der Waals surface area contributed by atoms with Crippen molar-refractivity contribution in [3.63, 3.8) is 0 Å². The third-order valence-electron chi connectivity index (χ3n) is 5.75. The van der Waals surface area contributed by atoms with Crippen molar-refractivity contribution < 1.29 is 31.5 Å². The number of nitrogens with one attached hydrogen (secondary N) is 1. The highest BCUT2D eigenvalue weighted by atomic mass is 32.2.